The number of carbonyl (C=O) groups is 20. The van der Waals surface area contributed by atoms with Crippen molar-refractivity contribution in [1.29, 1.82) is 0 Å². The van der Waals surface area contributed by atoms with Crippen LogP contribution >= 0.6 is 90.2 Å². The summed E-state index contributed by atoms with van der Waals surface area (Å²) in [5.74, 6) is -11.4. The van der Waals surface area contributed by atoms with Gasteiger partial charge in [0.05, 0.1) is 25.2 Å². The van der Waals surface area contributed by atoms with Gasteiger partial charge in [-0.3, -0.25) is 76.7 Å². The van der Waals surface area contributed by atoms with Gasteiger partial charge in [-0.2, -0.15) is 47.0 Å². The third-order valence-electron chi connectivity index (χ3n) is 19.4. The fourth-order valence-electron chi connectivity index (χ4n) is 12.1. The number of carbonyl (C=O) groups excluding carboxylic acids is 18. The Kier molecular flexibility index (Phi) is 54.1. The number of rotatable bonds is 35. The van der Waals surface area contributed by atoms with Gasteiger partial charge in [-0.05, 0) is 122 Å². The first kappa shape index (κ1) is 123. The molecular formula is C80H140N20O26S8. The summed E-state index contributed by atoms with van der Waals surface area (Å²) in [6.45, 7) is 15.0. The number of nitrogens with one attached hydrogen (secondary N) is 10. The van der Waals surface area contributed by atoms with E-state index in [1.54, 1.807) is 122 Å². The molecule has 764 valence electrons. The first-order valence-corrected chi connectivity index (χ1v) is 52.4. The van der Waals surface area contributed by atoms with Crippen molar-refractivity contribution in [2.45, 2.75) is 178 Å². The van der Waals surface area contributed by atoms with Crippen LogP contribution < -0.4 is 53.2 Å². The Bertz CT molecular complexity index is 3790. The highest BCUT2D eigenvalue weighted by Gasteiger charge is 2.44. The van der Waals surface area contributed by atoms with E-state index in [0.717, 1.165) is 51.0 Å². The van der Waals surface area contributed by atoms with Crippen LogP contribution in [0, 0.1) is 0 Å². The number of ether oxygens (including phenoxy) is 4. The maximum absolute atomic E-state index is 14.6. The van der Waals surface area contributed by atoms with Gasteiger partial charge in [0.15, 0.2) is 0 Å². The molecule has 12 N–H and O–H groups in total. The van der Waals surface area contributed by atoms with Crippen LogP contribution in [0.2, 0.25) is 0 Å². The molecule has 0 saturated carbocycles. The lowest BCUT2D eigenvalue weighted by atomic mass is 10.1. The number of hydrogen-bond donors (Lipinski definition) is 12. The summed E-state index contributed by atoms with van der Waals surface area (Å²) in [4.78, 5) is 280. The maximum atomic E-state index is 14.6. The first-order chi connectivity index (χ1) is 62.0. The molecule has 2 saturated heterocycles. The summed E-state index contributed by atoms with van der Waals surface area (Å²) in [5, 5.41) is 43.2. The number of nitrogens with zero attached hydrogens (tertiary/aromatic N) is 10. The molecule has 2 rings (SSSR count). The number of hydrogen-bond acceptors (Lipinski definition) is 34. The SMILES string of the molecule is CN[C@@H](CSSC[C@H](NC)C(=O)N(C)[C@@H](CSC)C(=O)N(C)C[C@@H](NC(=O)OC(C)(C)C)C(=O)NCC(=O)O)C(=O)N(C)[C@@H](CSC)C(=O)N(C)C[C@H](NC(=O)OC(C)(C)C)C(=O)NCC(=O)O.CSC[C@H]1C(=O)N(C)C[C@H](NC(=O)OC(C)(C)C)C(=O)NCC(=O)N(C)[C@H]2CSSC[C@@H](C(=O)N1C)N(C)C(=O)CNC(=O)[C@H](NC(=O)OC(C)(C)C)CN(C)C(=O)[C@H](CSC)N(C)C2=O. The molecule has 0 aliphatic carbocycles. The second-order valence-electron chi connectivity index (χ2n) is 34.9. The van der Waals surface area contributed by atoms with Crippen molar-refractivity contribution in [3.05, 3.63) is 0 Å². The van der Waals surface area contributed by atoms with E-state index in [9.17, 15) is 95.9 Å². The molecule has 2 aliphatic rings. The smallest absolute Gasteiger partial charge is 0.408 e. The quantitative estimate of drug-likeness (QED) is 0.0193. The highest BCUT2D eigenvalue weighted by molar-refractivity contribution is 8.77. The van der Waals surface area contributed by atoms with Gasteiger partial charge in [-0.1, -0.05) is 43.2 Å². The van der Waals surface area contributed by atoms with E-state index >= 15 is 0 Å². The summed E-state index contributed by atoms with van der Waals surface area (Å²) < 4.78 is 21.3. The first-order valence-electron chi connectivity index (χ1n) is 41.9. The standard InChI is InChI=1S/C40H72N10O14S4.C40H68N10O12S4/c1-39(2,3)63-37(61)45-23(31(55)43-15-29(51)52)17-47(9)35(59)27(21-65-13)49(11)33(57)25(41-7)19-67-68-20-26(42-8)34(58)50(12)28(22-66-14)36(60)48(10)18-24(32(56)44-16-30(53)54)46-38(62)64-40(4,5)6;1-39(2,3)61-37(59)43-23-17-45(7)33(55)25(19-63-13)49(11)35(57)28-22-66-65-21-27(47(9)29(51)15-41-31(23)53)36(58)50(12)26(20-64-14)34(56)46(8)18-24(44-38(60)62-40(4,5)6)32(54)42-16-30(52)48(28)10/h23-28,41-42H,15-22H2,1-14H3,(H,43,55)(H,44,56)(H,45,61)(H,46,62)(H,51,52)(H,53,54);23-28H,15-22H2,1-14H3,(H,41,53)(H,42,54)(H,43,59)(H,44,60)/t2*23-,24+,25-,26-,27-,28-/m00/s1. The van der Waals surface area contributed by atoms with E-state index in [0.29, 0.717) is 0 Å². The van der Waals surface area contributed by atoms with Crippen LogP contribution in [0.15, 0.2) is 0 Å². The number of aliphatic carboxylic acids is 2. The summed E-state index contributed by atoms with van der Waals surface area (Å²) in [6.07, 6.45) is 3.05. The minimum Gasteiger partial charge on any atom is -0.480 e. The van der Waals surface area contributed by atoms with Crippen LogP contribution in [-0.2, 0) is 95.7 Å². The van der Waals surface area contributed by atoms with Crippen LogP contribution in [0.4, 0.5) is 19.2 Å². The van der Waals surface area contributed by atoms with Gasteiger partial charge < -0.3 is 131 Å². The largest absolute Gasteiger partial charge is 0.480 e. The molecule has 46 nitrogen and oxygen atoms in total. The van der Waals surface area contributed by atoms with Crippen LogP contribution in [0.5, 0.6) is 0 Å². The molecule has 54 heteroatoms. The predicted molar refractivity (Wildman–Crippen MR) is 519 cm³/mol. The predicted octanol–water partition coefficient (Wildman–Crippen LogP) is -1.61. The van der Waals surface area contributed by atoms with Gasteiger partial charge in [0, 0.05) is 143 Å². The normalized spacial score (nSPS) is 19.4. The second kappa shape index (κ2) is 58.8. The van der Waals surface area contributed by atoms with Gasteiger partial charge in [-0.25, -0.2) is 19.2 Å². The van der Waals surface area contributed by atoms with Gasteiger partial charge in [-0.15, -0.1) is 0 Å². The zero-order valence-electron chi connectivity index (χ0n) is 81.7. The van der Waals surface area contributed by atoms with Crippen LogP contribution in [-0.4, -0.2) is 481 Å². The molecule has 2 heterocycles. The summed E-state index contributed by atoms with van der Waals surface area (Å²) in [6, 6.07) is -14.2. The van der Waals surface area contributed by atoms with E-state index < -0.39 is 253 Å². The number of amides is 18. The lowest BCUT2D eigenvalue weighted by Gasteiger charge is -2.37. The fourth-order valence-corrected chi connectivity index (χ4v) is 19.8. The van der Waals surface area contributed by atoms with E-state index in [1.807, 2.05) is 0 Å². The van der Waals surface area contributed by atoms with Crippen molar-refractivity contribution >= 4 is 209 Å². The Morgan fingerprint density at radius 2 is 0.731 bits per heavy atom. The molecule has 12 atom stereocenters. The van der Waals surface area contributed by atoms with E-state index in [-0.39, 0.29) is 59.1 Å². The van der Waals surface area contributed by atoms with Gasteiger partial charge in [0.2, 0.25) is 82.7 Å². The maximum Gasteiger partial charge on any atom is 0.408 e. The fraction of sp³-hybridized carbons (Fsp3) is 0.750. The van der Waals surface area contributed by atoms with Gasteiger partial charge in [0.1, 0.15) is 95.9 Å². The van der Waals surface area contributed by atoms with E-state index in [4.69, 9.17) is 29.2 Å². The number of thioether (sulfide) groups is 4. The van der Waals surface area contributed by atoms with Crippen molar-refractivity contribution in [2.24, 2.45) is 0 Å². The summed E-state index contributed by atoms with van der Waals surface area (Å²) in [7, 11) is 21.9. The Hall–Kier alpha value is -8.68. The summed E-state index contributed by atoms with van der Waals surface area (Å²) in [5.41, 5.74) is -3.76. The minimum absolute atomic E-state index is 0.0861. The molecule has 134 heavy (non-hydrogen) atoms. The molecule has 0 spiro atoms. The number of likely N-dealkylation sites (N-methyl/N-ethyl adjacent to an activating group) is 12. The van der Waals surface area contributed by atoms with E-state index in [2.05, 4.69) is 53.2 Å². The lowest BCUT2D eigenvalue weighted by molar-refractivity contribution is -0.149. The van der Waals surface area contributed by atoms with Crippen molar-refractivity contribution in [3.63, 3.8) is 0 Å². The monoisotopic (exact) mass is 2050 g/mol. The van der Waals surface area contributed by atoms with Crippen molar-refractivity contribution in [3.8, 4) is 0 Å². The van der Waals surface area contributed by atoms with Crippen LogP contribution in [0.1, 0.15) is 83.1 Å². The Morgan fingerprint density at radius 1 is 0.433 bits per heavy atom. The number of alkyl carbamates (subject to hydrolysis) is 4. The van der Waals surface area contributed by atoms with Crippen molar-refractivity contribution in [1.82, 2.24) is 102 Å². The van der Waals surface area contributed by atoms with Crippen molar-refractivity contribution < 1.29 is 125 Å². The third-order valence-corrected chi connectivity index (χ3v) is 26.8. The molecule has 2 fully saturated rings. The molecule has 0 unspecified atom stereocenters. The zero-order chi connectivity index (χ0) is 103. The number of carboxylic acids is 2. The lowest BCUT2D eigenvalue weighted by Crippen LogP contribution is -2.61. The average molecular weight is 2050 g/mol. The topological polar surface area (TPSA) is 571 Å². The van der Waals surface area contributed by atoms with Gasteiger partial charge in [0.25, 0.3) is 0 Å². The van der Waals surface area contributed by atoms with Crippen LogP contribution in [0.3, 0.4) is 0 Å². The highest BCUT2D eigenvalue weighted by Crippen LogP contribution is 2.30. The molecule has 0 aromatic rings. The molecule has 0 aromatic carbocycles. The number of carboxylic acid groups (broad SMARTS) is 2. The Morgan fingerprint density at radius 3 is 1.00 bits per heavy atom. The molecule has 0 aromatic heterocycles. The molecule has 18 amide bonds. The number of fused-ring (bicyclic) bond motifs is 5. The Labute approximate surface area is 817 Å². The zero-order valence-corrected chi connectivity index (χ0v) is 88.2. The van der Waals surface area contributed by atoms with E-state index in [1.165, 1.54) is 159 Å². The average Bonchev–Trinajstić information content (AvgIpc) is 0.816. The molecule has 0 radical (unpaired) electrons. The third kappa shape index (κ3) is 43.8. The molecule has 2 bridgehead atoms. The summed E-state index contributed by atoms with van der Waals surface area (Å²) >= 11 is 5.11. The second-order valence-corrected chi connectivity index (χ2v) is 43.6. The van der Waals surface area contributed by atoms with Crippen molar-refractivity contribution in [2.75, 3.05) is 208 Å². The van der Waals surface area contributed by atoms with Crippen LogP contribution in [0.25, 0.3) is 0 Å². The Balaban J connectivity index is 0.00000134. The van der Waals surface area contributed by atoms with Gasteiger partial charge >= 0.3 is 36.3 Å². The minimum atomic E-state index is -1.46. The molecular weight excluding hydrogens is 1910 g/mol. The highest BCUT2D eigenvalue weighted by atomic mass is 33.1. The molecule has 2 aliphatic heterocycles.